The molecule has 0 amide bonds. The topological polar surface area (TPSA) is 38.3 Å². The average molecular weight is 247 g/mol. The number of ether oxygens (including phenoxy) is 1. The molecule has 1 heterocycles. The maximum Gasteiger partial charge on any atom is 0.338 e. The van der Waals surface area contributed by atoms with E-state index in [0.29, 0.717) is 5.56 Å². The van der Waals surface area contributed by atoms with Gasteiger partial charge in [-0.1, -0.05) is 0 Å². The minimum absolute atomic E-state index is 0.241. The lowest BCUT2D eigenvalue weighted by Crippen LogP contribution is -2.24. The Kier molecular flexibility index (Phi) is 3.60. The number of aryl methyl sites for hydroxylation is 1. The highest BCUT2D eigenvalue weighted by Gasteiger charge is 2.19. The van der Waals surface area contributed by atoms with E-state index in [1.807, 2.05) is 39.0 Å². The van der Waals surface area contributed by atoms with Gasteiger partial charge in [-0.05, 0) is 63.8 Å². The second-order valence-electron chi connectivity index (χ2n) is 5.76. The van der Waals surface area contributed by atoms with E-state index in [1.54, 1.807) is 0 Å². The van der Waals surface area contributed by atoms with Crippen LogP contribution in [0.3, 0.4) is 0 Å². The lowest BCUT2D eigenvalue weighted by Gasteiger charge is -2.20. The number of nitrogens with one attached hydrogen (secondary N) is 1. The van der Waals surface area contributed by atoms with Gasteiger partial charge in [0.2, 0.25) is 0 Å². The highest BCUT2D eigenvalue weighted by Crippen LogP contribution is 2.23. The van der Waals surface area contributed by atoms with Crippen LogP contribution in [0.5, 0.6) is 0 Å². The van der Waals surface area contributed by atoms with Gasteiger partial charge in [0.05, 0.1) is 5.56 Å². The number of carbonyl (C=O) groups excluding carboxylic acids is 1. The Morgan fingerprint density at radius 3 is 2.78 bits per heavy atom. The van der Waals surface area contributed by atoms with Crippen LogP contribution in [0.4, 0.5) is 5.69 Å². The van der Waals surface area contributed by atoms with E-state index in [4.69, 9.17) is 4.74 Å². The number of anilines is 1. The van der Waals surface area contributed by atoms with Crippen molar-refractivity contribution in [1.29, 1.82) is 0 Å². The number of fused-ring (bicyclic) bond motifs is 1. The first kappa shape index (κ1) is 12.9. The molecule has 0 saturated carbocycles. The van der Waals surface area contributed by atoms with E-state index >= 15 is 0 Å². The summed E-state index contributed by atoms with van der Waals surface area (Å²) in [7, 11) is 0. The van der Waals surface area contributed by atoms with Crippen molar-refractivity contribution in [3.05, 3.63) is 29.3 Å². The molecule has 1 aromatic carbocycles. The highest BCUT2D eigenvalue weighted by molar-refractivity contribution is 5.90. The van der Waals surface area contributed by atoms with Crippen LogP contribution in [0.2, 0.25) is 0 Å². The number of benzene rings is 1. The Labute approximate surface area is 109 Å². The summed E-state index contributed by atoms with van der Waals surface area (Å²) >= 11 is 0. The largest absolute Gasteiger partial charge is 0.456 e. The molecule has 0 fully saturated rings. The van der Waals surface area contributed by atoms with Crippen LogP contribution in [0.15, 0.2) is 18.2 Å². The maximum absolute atomic E-state index is 12.0. The van der Waals surface area contributed by atoms with E-state index in [1.165, 1.54) is 12.0 Å². The molecule has 0 aliphatic carbocycles. The lowest BCUT2D eigenvalue weighted by atomic mass is 10.0. The predicted molar refractivity (Wildman–Crippen MR) is 73.0 cm³/mol. The molecule has 0 aromatic heterocycles. The first-order valence-electron chi connectivity index (χ1n) is 6.56. The van der Waals surface area contributed by atoms with E-state index in [2.05, 4.69) is 5.32 Å². The predicted octanol–water partition coefficient (Wildman–Crippen LogP) is 3.39. The van der Waals surface area contributed by atoms with E-state index < -0.39 is 5.60 Å². The zero-order chi connectivity index (χ0) is 13.2. The zero-order valence-electron chi connectivity index (χ0n) is 11.4. The Balaban J connectivity index is 2.20. The van der Waals surface area contributed by atoms with E-state index in [0.717, 1.165) is 25.1 Å². The lowest BCUT2D eigenvalue weighted by molar-refractivity contribution is 0.00695. The minimum Gasteiger partial charge on any atom is -0.456 e. The van der Waals surface area contributed by atoms with E-state index in [9.17, 15) is 4.79 Å². The normalized spacial score (nSPS) is 15.3. The second kappa shape index (κ2) is 5.01. The van der Waals surface area contributed by atoms with Gasteiger partial charge in [0.25, 0.3) is 0 Å². The summed E-state index contributed by atoms with van der Waals surface area (Å²) in [4.78, 5) is 12.0. The maximum atomic E-state index is 12.0. The van der Waals surface area contributed by atoms with Crippen molar-refractivity contribution in [2.24, 2.45) is 0 Å². The van der Waals surface area contributed by atoms with Crippen molar-refractivity contribution in [3.63, 3.8) is 0 Å². The SMILES string of the molecule is CC(C)(C)OC(=O)c1ccc2c(c1)CCCCN2. The molecular formula is C15H21NO2. The van der Waals surface area contributed by atoms with Gasteiger partial charge in [-0.15, -0.1) is 0 Å². The average Bonchev–Trinajstić information content (AvgIpc) is 2.50. The molecule has 1 aliphatic rings. The zero-order valence-corrected chi connectivity index (χ0v) is 11.4. The van der Waals surface area contributed by atoms with Gasteiger partial charge in [-0.3, -0.25) is 0 Å². The molecule has 0 atom stereocenters. The Morgan fingerprint density at radius 2 is 2.06 bits per heavy atom. The van der Waals surface area contributed by atoms with Crippen molar-refractivity contribution in [1.82, 2.24) is 0 Å². The Bertz CT molecular complexity index is 446. The van der Waals surface area contributed by atoms with Gasteiger partial charge in [0, 0.05) is 12.2 Å². The molecule has 98 valence electrons. The fraction of sp³-hybridized carbons (Fsp3) is 0.533. The Hall–Kier alpha value is -1.51. The van der Waals surface area contributed by atoms with E-state index in [-0.39, 0.29) is 5.97 Å². The molecule has 0 spiro atoms. The van der Waals surface area contributed by atoms with Crippen molar-refractivity contribution in [3.8, 4) is 0 Å². The smallest absolute Gasteiger partial charge is 0.338 e. The van der Waals surface area contributed by atoms with Crippen molar-refractivity contribution < 1.29 is 9.53 Å². The Morgan fingerprint density at radius 1 is 1.28 bits per heavy atom. The standard InChI is InChI=1S/C15H21NO2/c1-15(2,3)18-14(17)12-7-8-13-11(10-12)6-4-5-9-16-13/h7-8,10,16H,4-6,9H2,1-3H3. The van der Waals surface area contributed by atoms with Gasteiger partial charge in [0.15, 0.2) is 0 Å². The molecule has 1 aliphatic heterocycles. The summed E-state index contributed by atoms with van der Waals surface area (Å²) in [5, 5.41) is 3.39. The minimum atomic E-state index is -0.442. The molecule has 1 N–H and O–H groups in total. The van der Waals surface area contributed by atoms with Crippen molar-refractivity contribution >= 4 is 11.7 Å². The van der Waals surface area contributed by atoms with Gasteiger partial charge in [-0.25, -0.2) is 4.79 Å². The molecule has 1 aromatic rings. The quantitative estimate of drug-likeness (QED) is 0.773. The van der Waals surface area contributed by atoms with Crippen molar-refractivity contribution in [2.75, 3.05) is 11.9 Å². The molecule has 2 rings (SSSR count). The first-order valence-corrected chi connectivity index (χ1v) is 6.56. The fourth-order valence-corrected chi connectivity index (χ4v) is 2.10. The molecule has 0 radical (unpaired) electrons. The van der Waals surface area contributed by atoms with Crippen molar-refractivity contribution in [2.45, 2.75) is 45.6 Å². The van der Waals surface area contributed by atoms with Crippen LogP contribution in [-0.2, 0) is 11.2 Å². The first-order chi connectivity index (χ1) is 8.46. The number of esters is 1. The third kappa shape index (κ3) is 3.25. The van der Waals surface area contributed by atoms with Crippen LogP contribution in [0.1, 0.15) is 49.5 Å². The number of hydrogen-bond donors (Lipinski definition) is 1. The fourth-order valence-electron chi connectivity index (χ4n) is 2.10. The molecule has 0 saturated heterocycles. The molecule has 18 heavy (non-hydrogen) atoms. The highest BCUT2D eigenvalue weighted by atomic mass is 16.6. The second-order valence-corrected chi connectivity index (χ2v) is 5.76. The van der Waals surface area contributed by atoms with Gasteiger partial charge in [0.1, 0.15) is 5.60 Å². The molecule has 0 unspecified atom stereocenters. The molecule has 0 bridgehead atoms. The van der Waals surface area contributed by atoms with Crippen LogP contribution in [-0.4, -0.2) is 18.1 Å². The summed E-state index contributed by atoms with van der Waals surface area (Å²) in [6.07, 6.45) is 3.37. The van der Waals surface area contributed by atoms with Gasteiger partial charge < -0.3 is 10.1 Å². The summed E-state index contributed by atoms with van der Waals surface area (Å²) in [6.45, 7) is 6.67. The van der Waals surface area contributed by atoms with Gasteiger partial charge >= 0.3 is 5.97 Å². The van der Waals surface area contributed by atoms with Crippen LogP contribution in [0.25, 0.3) is 0 Å². The molecule has 3 nitrogen and oxygen atoms in total. The van der Waals surface area contributed by atoms with Crippen LogP contribution < -0.4 is 5.32 Å². The third-order valence-corrected chi connectivity index (χ3v) is 2.93. The summed E-state index contributed by atoms with van der Waals surface area (Å²) < 4.78 is 5.39. The summed E-state index contributed by atoms with van der Waals surface area (Å²) in [5.74, 6) is -0.241. The van der Waals surface area contributed by atoms with Gasteiger partial charge in [-0.2, -0.15) is 0 Å². The summed E-state index contributed by atoms with van der Waals surface area (Å²) in [6, 6.07) is 5.78. The van der Waals surface area contributed by atoms with Crippen LogP contribution >= 0.6 is 0 Å². The number of carbonyl (C=O) groups is 1. The third-order valence-electron chi connectivity index (χ3n) is 2.93. The molecular weight excluding hydrogens is 226 g/mol. The monoisotopic (exact) mass is 247 g/mol. The molecule has 3 heteroatoms. The van der Waals surface area contributed by atoms with Crippen LogP contribution in [0, 0.1) is 0 Å². The number of rotatable bonds is 1. The number of hydrogen-bond acceptors (Lipinski definition) is 3. The summed E-state index contributed by atoms with van der Waals surface area (Å²) in [5.41, 5.74) is 2.57.